The van der Waals surface area contributed by atoms with E-state index in [9.17, 15) is 29.3 Å². The number of H-pyrrole nitrogens is 1. The number of aliphatic hydroxyl groups is 1. The minimum atomic E-state index is -4.29. The fourth-order valence-electron chi connectivity index (χ4n) is 3.70. The summed E-state index contributed by atoms with van der Waals surface area (Å²) in [5.41, 5.74) is -3.21. The van der Waals surface area contributed by atoms with E-state index in [1.54, 1.807) is 18.2 Å². The number of hydrogen-bond donors (Lipinski definition) is 3. The molecule has 3 N–H and O–H groups in total. The summed E-state index contributed by atoms with van der Waals surface area (Å²) < 4.78 is 36.9. The van der Waals surface area contributed by atoms with Crippen LogP contribution in [0.15, 0.2) is 50.6 Å². The molecule has 0 spiro atoms. The number of aromatic amines is 1. The standard InChI is InChI=1S/C24H30BrN4O9P/c1-14(2)11-35-21(32)15(3)28-39(34,38-16-8-6-5-7-9-16)36-12-18-19(30)24(4,13-26)22(37-18)29-10-17(25)20(31)27-23(29)33/h5-10,14-15,18-19,22,30H,11-12H2,1-4H3,(H,28,34)(H,27,31,33)/t15-,18+,19+,22+,24+,39?/m0/s1. The summed E-state index contributed by atoms with van der Waals surface area (Å²) >= 11 is 3.03. The highest BCUT2D eigenvalue weighted by Gasteiger charge is 2.55. The molecule has 15 heteroatoms. The Kier molecular flexibility index (Phi) is 9.93. The third-order valence-corrected chi connectivity index (χ3v) is 8.05. The molecule has 3 rings (SSSR count). The van der Waals surface area contributed by atoms with Crippen molar-refractivity contribution < 1.29 is 33.0 Å². The fourth-order valence-corrected chi connectivity index (χ4v) is 5.52. The Hall–Kier alpha value is -2.79. The highest BCUT2D eigenvalue weighted by molar-refractivity contribution is 9.10. The number of ether oxygens (including phenoxy) is 2. The molecule has 13 nitrogen and oxygen atoms in total. The number of aromatic nitrogens is 2. The average molecular weight is 629 g/mol. The first-order chi connectivity index (χ1) is 18.3. The molecule has 2 aromatic rings. The molecule has 212 valence electrons. The summed E-state index contributed by atoms with van der Waals surface area (Å²) in [5.74, 6) is -0.418. The van der Waals surface area contributed by atoms with E-state index >= 15 is 0 Å². The van der Waals surface area contributed by atoms with Gasteiger partial charge in [-0.3, -0.25) is 23.7 Å². The number of aliphatic hydroxyl groups excluding tert-OH is 1. The van der Waals surface area contributed by atoms with Crippen LogP contribution in [0.4, 0.5) is 0 Å². The predicted molar refractivity (Wildman–Crippen MR) is 142 cm³/mol. The Morgan fingerprint density at radius 3 is 2.62 bits per heavy atom. The molecule has 6 atom stereocenters. The van der Waals surface area contributed by atoms with Crippen LogP contribution in [0.3, 0.4) is 0 Å². The highest BCUT2D eigenvalue weighted by Crippen LogP contribution is 2.48. The lowest BCUT2D eigenvalue weighted by Crippen LogP contribution is -2.41. The summed E-state index contributed by atoms with van der Waals surface area (Å²) in [7, 11) is -4.29. The normalized spacial score (nSPS) is 25.0. The van der Waals surface area contributed by atoms with Gasteiger partial charge in [0.2, 0.25) is 0 Å². The Morgan fingerprint density at radius 1 is 1.33 bits per heavy atom. The quantitative estimate of drug-likeness (QED) is 0.245. The second-order valence-electron chi connectivity index (χ2n) is 9.58. The Labute approximate surface area is 232 Å². The molecule has 0 saturated carbocycles. The Morgan fingerprint density at radius 2 is 2.00 bits per heavy atom. The van der Waals surface area contributed by atoms with Gasteiger partial charge < -0.3 is 19.1 Å². The van der Waals surface area contributed by atoms with Gasteiger partial charge in [0.25, 0.3) is 5.56 Å². The van der Waals surface area contributed by atoms with E-state index in [0.717, 1.165) is 10.8 Å². The van der Waals surface area contributed by atoms with Crippen molar-refractivity contribution in [3.8, 4) is 11.8 Å². The van der Waals surface area contributed by atoms with E-state index in [1.807, 2.05) is 19.9 Å². The molecule has 39 heavy (non-hydrogen) atoms. The number of benzene rings is 1. The van der Waals surface area contributed by atoms with Gasteiger partial charge in [-0.2, -0.15) is 10.3 Å². The highest BCUT2D eigenvalue weighted by atomic mass is 79.9. The Bertz CT molecular complexity index is 1380. The molecule has 2 heterocycles. The lowest BCUT2D eigenvalue weighted by molar-refractivity contribution is -0.146. The van der Waals surface area contributed by atoms with Crippen molar-refractivity contribution in [2.75, 3.05) is 13.2 Å². The van der Waals surface area contributed by atoms with E-state index in [2.05, 4.69) is 26.0 Å². The maximum Gasteiger partial charge on any atom is 0.459 e. The van der Waals surface area contributed by atoms with Gasteiger partial charge in [-0.25, -0.2) is 9.36 Å². The van der Waals surface area contributed by atoms with Crippen LogP contribution in [0.2, 0.25) is 0 Å². The number of nitrogens with zero attached hydrogens (tertiary/aromatic N) is 2. The van der Waals surface area contributed by atoms with Crippen LogP contribution in [0.5, 0.6) is 5.75 Å². The number of esters is 1. The predicted octanol–water partition coefficient (Wildman–Crippen LogP) is 2.47. The van der Waals surface area contributed by atoms with E-state index < -0.39 is 61.5 Å². The van der Waals surface area contributed by atoms with Crippen LogP contribution in [0.1, 0.15) is 33.9 Å². The molecule has 0 bridgehead atoms. The molecule has 0 radical (unpaired) electrons. The molecule has 1 aromatic carbocycles. The largest absolute Gasteiger partial charge is 0.464 e. The molecule has 1 aliphatic rings. The third kappa shape index (κ3) is 7.25. The third-order valence-electron chi connectivity index (χ3n) is 5.84. The lowest BCUT2D eigenvalue weighted by Gasteiger charge is -2.26. The van der Waals surface area contributed by atoms with Gasteiger partial charge in [0.05, 0.1) is 23.8 Å². The SMILES string of the molecule is CC(C)COC(=O)[C@H](C)NP(=O)(OC[C@H]1O[C@@H](n2cc(Br)c(=O)[nH]c2=O)[C@](C)(C#N)[C@@H]1O)Oc1ccccc1. The van der Waals surface area contributed by atoms with Crippen LogP contribution in [-0.2, 0) is 23.4 Å². The van der Waals surface area contributed by atoms with Crippen molar-refractivity contribution in [3.05, 3.63) is 61.8 Å². The summed E-state index contributed by atoms with van der Waals surface area (Å²) in [5, 5.41) is 23.4. The number of hydrogen-bond acceptors (Lipinski definition) is 10. The first-order valence-corrected chi connectivity index (χ1v) is 14.3. The van der Waals surface area contributed by atoms with Crippen molar-refractivity contribution in [1.82, 2.24) is 14.6 Å². The van der Waals surface area contributed by atoms with E-state index in [0.29, 0.717) is 0 Å². The summed E-state index contributed by atoms with van der Waals surface area (Å²) in [6, 6.07) is 8.94. The molecule has 0 amide bonds. The van der Waals surface area contributed by atoms with Gasteiger partial charge in [-0.05, 0) is 47.8 Å². The molecule has 1 saturated heterocycles. The van der Waals surface area contributed by atoms with Crippen molar-refractivity contribution in [1.29, 1.82) is 5.26 Å². The van der Waals surface area contributed by atoms with Gasteiger partial charge >= 0.3 is 19.4 Å². The Balaban J connectivity index is 1.84. The number of rotatable bonds is 11. The monoisotopic (exact) mass is 628 g/mol. The molecule has 1 fully saturated rings. The van der Waals surface area contributed by atoms with Crippen LogP contribution < -0.4 is 20.9 Å². The summed E-state index contributed by atoms with van der Waals surface area (Å²) in [6.07, 6.45) is -2.95. The smallest absolute Gasteiger partial charge is 0.459 e. The number of nitrogens with one attached hydrogen (secondary N) is 2. The van der Waals surface area contributed by atoms with Gasteiger partial charge in [-0.15, -0.1) is 0 Å². The molecule has 0 aliphatic carbocycles. The first kappa shape index (κ1) is 30.7. The zero-order chi connectivity index (χ0) is 29.0. The van der Waals surface area contributed by atoms with Crippen LogP contribution in [-0.4, -0.2) is 52.1 Å². The summed E-state index contributed by atoms with van der Waals surface area (Å²) in [4.78, 5) is 38.7. The number of carbonyl (C=O) groups is 1. The average Bonchev–Trinajstić information content (AvgIpc) is 3.14. The van der Waals surface area contributed by atoms with Crippen LogP contribution >= 0.6 is 23.7 Å². The number of halogens is 1. The second kappa shape index (κ2) is 12.6. The minimum Gasteiger partial charge on any atom is -0.464 e. The summed E-state index contributed by atoms with van der Waals surface area (Å²) in [6.45, 7) is 6.14. The molecular formula is C24H30BrN4O9P. The molecule has 1 aliphatic heterocycles. The van der Waals surface area contributed by atoms with Crippen LogP contribution in [0, 0.1) is 22.7 Å². The van der Waals surface area contributed by atoms with Gasteiger partial charge in [-0.1, -0.05) is 32.0 Å². The maximum absolute atomic E-state index is 13.8. The second-order valence-corrected chi connectivity index (χ2v) is 12.1. The zero-order valence-corrected chi connectivity index (χ0v) is 24.2. The fraction of sp³-hybridized carbons (Fsp3) is 0.500. The zero-order valence-electron chi connectivity index (χ0n) is 21.7. The van der Waals surface area contributed by atoms with Crippen molar-refractivity contribution in [2.24, 2.45) is 11.3 Å². The van der Waals surface area contributed by atoms with E-state index in [1.165, 1.54) is 26.0 Å². The number of nitriles is 1. The van der Waals surface area contributed by atoms with Crippen LogP contribution in [0.25, 0.3) is 0 Å². The molecule has 1 aromatic heterocycles. The van der Waals surface area contributed by atoms with Gasteiger partial charge in [0, 0.05) is 6.20 Å². The molecular weight excluding hydrogens is 599 g/mol. The minimum absolute atomic E-state index is 0.00322. The van der Waals surface area contributed by atoms with E-state index in [-0.39, 0.29) is 22.7 Å². The van der Waals surface area contributed by atoms with Crippen molar-refractivity contribution >= 4 is 29.6 Å². The number of carbonyl (C=O) groups excluding carboxylic acids is 1. The molecule has 1 unspecified atom stereocenters. The number of para-hydroxylation sites is 1. The van der Waals surface area contributed by atoms with Gasteiger partial charge in [0.15, 0.2) is 6.23 Å². The maximum atomic E-state index is 13.8. The first-order valence-electron chi connectivity index (χ1n) is 12.0. The van der Waals surface area contributed by atoms with E-state index in [4.69, 9.17) is 18.5 Å². The lowest BCUT2D eigenvalue weighted by atomic mass is 9.84. The van der Waals surface area contributed by atoms with Crippen molar-refractivity contribution in [3.63, 3.8) is 0 Å². The van der Waals surface area contributed by atoms with Gasteiger partial charge in [0.1, 0.15) is 29.4 Å². The topological polar surface area (TPSA) is 182 Å². The van der Waals surface area contributed by atoms with Crippen molar-refractivity contribution in [2.45, 2.75) is 52.2 Å².